The highest BCUT2D eigenvalue weighted by Crippen LogP contribution is 2.28. The number of benzene rings is 1. The molecule has 0 aliphatic carbocycles. The second-order valence-electron chi connectivity index (χ2n) is 4.88. The Morgan fingerprint density at radius 1 is 1.24 bits per heavy atom. The van der Waals surface area contributed by atoms with Crippen molar-refractivity contribution in [2.24, 2.45) is 0 Å². The van der Waals surface area contributed by atoms with Crippen molar-refractivity contribution in [2.75, 3.05) is 20.8 Å². The third-order valence-electron chi connectivity index (χ3n) is 3.47. The van der Waals surface area contributed by atoms with E-state index in [1.807, 2.05) is 29.1 Å². The number of hydrogen-bond acceptors (Lipinski definition) is 4. The van der Waals surface area contributed by atoms with Crippen LogP contribution >= 0.6 is 0 Å². The first-order valence-electron chi connectivity index (χ1n) is 7.17. The average molecular weight is 289 g/mol. The molecule has 5 heteroatoms. The summed E-state index contributed by atoms with van der Waals surface area (Å²) in [5.74, 6) is 1.56. The summed E-state index contributed by atoms with van der Waals surface area (Å²) in [5, 5.41) is 7.89. The summed E-state index contributed by atoms with van der Waals surface area (Å²) in [7, 11) is 3.31. The number of methoxy groups -OCH3 is 2. The first-order chi connectivity index (χ1) is 10.2. The van der Waals surface area contributed by atoms with Crippen LogP contribution in [0.3, 0.4) is 0 Å². The Balaban J connectivity index is 2.33. The minimum atomic E-state index is 0.773. The highest BCUT2D eigenvalue weighted by atomic mass is 16.5. The minimum absolute atomic E-state index is 0.773. The molecule has 0 atom stereocenters. The maximum atomic E-state index is 5.43. The molecule has 114 valence electrons. The van der Waals surface area contributed by atoms with Crippen LogP contribution in [0.1, 0.15) is 24.6 Å². The Kier molecular flexibility index (Phi) is 5.22. The number of nitrogens with zero attached hydrogens (tertiary/aromatic N) is 2. The van der Waals surface area contributed by atoms with Gasteiger partial charge in [-0.3, -0.25) is 0 Å². The van der Waals surface area contributed by atoms with Crippen LogP contribution in [0.5, 0.6) is 11.5 Å². The van der Waals surface area contributed by atoms with Gasteiger partial charge in [-0.2, -0.15) is 5.10 Å². The summed E-state index contributed by atoms with van der Waals surface area (Å²) in [5.41, 5.74) is 3.18. The summed E-state index contributed by atoms with van der Waals surface area (Å²) in [6.45, 7) is 6.05. The van der Waals surface area contributed by atoms with Gasteiger partial charge in [0.25, 0.3) is 0 Å². The fraction of sp³-hybridized carbons (Fsp3) is 0.438. The molecule has 0 radical (unpaired) electrons. The molecule has 1 heterocycles. The SMILES string of the molecule is CCCNCc1cnn(-c2cc(OC)ccc2OC)c1C. The molecular weight excluding hydrogens is 266 g/mol. The van der Waals surface area contributed by atoms with E-state index in [4.69, 9.17) is 9.47 Å². The molecule has 1 aromatic heterocycles. The smallest absolute Gasteiger partial charge is 0.144 e. The number of aromatic nitrogens is 2. The fourth-order valence-electron chi connectivity index (χ4n) is 2.22. The van der Waals surface area contributed by atoms with Crippen LogP contribution in [-0.4, -0.2) is 30.5 Å². The van der Waals surface area contributed by atoms with Crippen molar-refractivity contribution in [1.82, 2.24) is 15.1 Å². The van der Waals surface area contributed by atoms with Crippen LogP contribution in [0.2, 0.25) is 0 Å². The summed E-state index contributed by atoms with van der Waals surface area (Å²) < 4.78 is 12.6. The van der Waals surface area contributed by atoms with Gasteiger partial charge in [-0.15, -0.1) is 0 Å². The molecule has 0 unspecified atom stereocenters. The highest BCUT2D eigenvalue weighted by Gasteiger charge is 2.13. The van der Waals surface area contributed by atoms with Crippen molar-refractivity contribution in [3.8, 4) is 17.2 Å². The van der Waals surface area contributed by atoms with Gasteiger partial charge in [-0.05, 0) is 32.0 Å². The molecule has 0 aliphatic rings. The normalized spacial score (nSPS) is 10.7. The maximum absolute atomic E-state index is 5.43. The lowest BCUT2D eigenvalue weighted by Gasteiger charge is -2.12. The lowest BCUT2D eigenvalue weighted by atomic mass is 10.2. The van der Waals surface area contributed by atoms with E-state index in [-0.39, 0.29) is 0 Å². The summed E-state index contributed by atoms with van der Waals surface area (Å²) >= 11 is 0. The van der Waals surface area contributed by atoms with Gasteiger partial charge in [0, 0.05) is 23.9 Å². The molecule has 2 rings (SSSR count). The van der Waals surface area contributed by atoms with E-state index in [2.05, 4.69) is 24.3 Å². The predicted octanol–water partition coefficient (Wildman–Crippen LogP) is 2.70. The van der Waals surface area contributed by atoms with Crippen LogP contribution in [0.25, 0.3) is 5.69 Å². The van der Waals surface area contributed by atoms with E-state index >= 15 is 0 Å². The molecule has 0 bridgehead atoms. The van der Waals surface area contributed by atoms with E-state index in [1.54, 1.807) is 14.2 Å². The zero-order valence-corrected chi connectivity index (χ0v) is 13.1. The van der Waals surface area contributed by atoms with Crippen molar-refractivity contribution in [2.45, 2.75) is 26.8 Å². The van der Waals surface area contributed by atoms with Crippen molar-refractivity contribution < 1.29 is 9.47 Å². The molecule has 0 amide bonds. The number of nitrogens with one attached hydrogen (secondary N) is 1. The van der Waals surface area contributed by atoms with Gasteiger partial charge >= 0.3 is 0 Å². The van der Waals surface area contributed by atoms with E-state index in [0.717, 1.165) is 42.4 Å². The van der Waals surface area contributed by atoms with E-state index < -0.39 is 0 Å². The molecule has 0 aliphatic heterocycles. The van der Waals surface area contributed by atoms with Gasteiger partial charge in [-0.1, -0.05) is 6.92 Å². The van der Waals surface area contributed by atoms with Crippen molar-refractivity contribution >= 4 is 0 Å². The Morgan fingerprint density at radius 2 is 2.05 bits per heavy atom. The molecule has 1 N–H and O–H groups in total. The van der Waals surface area contributed by atoms with Crippen LogP contribution in [-0.2, 0) is 6.54 Å². The fourth-order valence-corrected chi connectivity index (χ4v) is 2.22. The van der Waals surface area contributed by atoms with Gasteiger partial charge in [0.05, 0.1) is 20.4 Å². The Hall–Kier alpha value is -2.01. The van der Waals surface area contributed by atoms with Gasteiger partial charge in [-0.25, -0.2) is 4.68 Å². The molecule has 0 saturated carbocycles. The van der Waals surface area contributed by atoms with Crippen molar-refractivity contribution in [3.05, 3.63) is 35.7 Å². The topological polar surface area (TPSA) is 48.3 Å². The van der Waals surface area contributed by atoms with Gasteiger partial charge < -0.3 is 14.8 Å². The third kappa shape index (κ3) is 3.36. The molecule has 0 fully saturated rings. The van der Waals surface area contributed by atoms with Crippen LogP contribution in [0.15, 0.2) is 24.4 Å². The monoisotopic (exact) mass is 289 g/mol. The molecular formula is C16H23N3O2. The number of hydrogen-bond donors (Lipinski definition) is 1. The number of rotatable bonds is 7. The quantitative estimate of drug-likeness (QED) is 0.796. The highest BCUT2D eigenvalue weighted by molar-refractivity contribution is 5.52. The summed E-state index contributed by atoms with van der Waals surface area (Å²) in [4.78, 5) is 0. The Bertz CT molecular complexity index is 593. The summed E-state index contributed by atoms with van der Waals surface area (Å²) in [6.07, 6.45) is 3.02. The van der Waals surface area contributed by atoms with Gasteiger partial charge in [0.1, 0.15) is 17.2 Å². The standard InChI is InChI=1S/C16H23N3O2/c1-5-8-17-10-13-11-18-19(12(13)2)15-9-14(20-3)6-7-16(15)21-4/h6-7,9,11,17H,5,8,10H2,1-4H3. The van der Waals surface area contributed by atoms with E-state index in [0.29, 0.717) is 0 Å². The second kappa shape index (κ2) is 7.13. The zero-order valence-electron chi connectivity index (χ0n) is 13.1. The first kappa shape index (κ1) is 15.4. The van der Waals surface area contributed by atoms with Crippen LogP contribution in [0.4, 0.5) is 0 Å². The lowest BCUT2D eigenvalue weighted by Crippen LogP contribution is -2.14. The molecule has 0 saturated heterocycles. The largest absolute Gasteiger partial charge is 0.497 e. The molecule has 1 aromatic carbocycles. The zero-order chi connectivity index (χ0) is 15.2. The van der Waals surface area contributed by atoms with E-state index in [9.17, 15) is 0 Å². The predicted molar refractivity (Wildman–Crippen MR) is 83.4 cm³/mol. The minimum Gasteiger partial charge on any atom is -0.497 e. The Labute approximate surface area is 125 Å². The molecule has 21 heavy (non-hydrogen) atoms. The summed E-state index contributed by atoms with van der Waals surface area (Å²) in [6, 6.07) is 5.71. The van der Waals surface area contributed by atoms with E-state index in [1.165, 1.54) is 5.56 Å². The van der Waals surface area contributed by atoms with Crippen molar-refractivity contribution in [3.63, 3.8) is 0 Å². The molecule has 5 nitrogen and oxygen atoms in total. The van der Waals surface area contributed by atoms with Crippen LogP contribution < -0.4 is 14.8 Å². The molecule has 2 aromatic rings. The molecule has 0 spiro atoms. The van der Waals surface area contributed by atoms with Gasteiger partial charge in [0.15, 0.2) is 0 Å². The maximum Gasteiger partial charge on any atom is 0.144 e. The lowest BCUT2D eigenvalue weighted by molar-refractivity contribution is 0.400. The number of ether oxygens (including phenoxy) is 2. The third-order valence-corrected chi connectivity index (χ3v) is 3.47. The Morgan fingerprint density at radius 3 is 2.71 bits per heavy atom. The average Bonchev–Trinajstić information content (AvgIpc) is 2.88. The van der Waals surface area contributed by atoms with Gasteiger partial charge in [0.2, 0.25) is 0 Å². The van der Waals surface area contributed by atoms with Crippen molar-refractivity contribution in [1.29, 1.82) is 0 Å². The van der Waals surface area contributed by atoms with Crippen LogP contribution in [0, 0.1) is 6.92 Å². The first-order valence-corrected chi connectivity index (χ1v) is 7.17. The second-order valence-corrected chi connectivity index (χ2v) is 4.88.